The highest BCUT2D eigenvalue weighted by molar-refractivity contribution is 6.29. The van der Waals surface area contributed by atoms with Crippen molar-refractivity contribution in [3.8, 4) is 0 Å². The van der Waals surface area contributed by atoms with Gasteiger partial charge in [0.1, 0.15) is 22.6 Å². The Balaban J connectivity index is 1.81. The fourth-order valence-electron chi connectivity index (χ4n) is 2.13. The molecule has 1 aromatic carbocycles. The zero-order valence-electron chi connectivity index (χ0n) is 11.2. The van der Waals surface area contributed by atoms with Crippen LogP contribution in [0.25, 0.3) is 0 Å². The standard InChI is InChI=1S/C15H15ClFN3/c1-20(9-10-3-2-4-12(17)7-10)14-8-13(16)18-15(19-14)11-5-6-11/h2-4,7-8,11H,5-6,9H2,1H3. The van der Waals surface area contributed by atoms with Gasteiger partial charge in [0.05, 0.1) is 0 Å². The molecule has 0 spiro atoms. The summed E-state index contributed by atoms with van der Waals surface area (Å²) in [4.78, 5) is 10.8. The minimum absolute atomic E-state index is 0.227. The van der Waals surface area contributed by atoms with Crippen LogP contribution >= 0.6 is 11.6 Å². The molecule has 0 N–H and O–H groups in total. The van der Waals surface area contributed by atoms with Crippen molar-refractivity contribution in [1.29, 1.82) is 0 Å². The van der Waals surface area contributed by atoms with Gasteiger partial charge >= 0.3 is 0 Å². The van der Waals surface area contributed by atoms with Gasteiger partial charge in [-0.1, -0.05) is 23.7 Å². The zero-order valence-corrected chi connectivity index (χ0v) is 11.9. The van der Waals surface area contributed by atoms with E-state index in [4.69, 9.17) is 11.6 Å². The molecule has 2 aromatic rings. The number of anilines is 1. The number of halogens is 2. The van der Waals surface area contributed by atoms with E-state index in [9.17, 15) is 4.39 Å². The summed E-state index contributed by atoms with van der Waals surface area (Å²) in [6.07, 6.45) is 2.26. The van der Waals surface area contributed by atoms with Gasteiger partial charge in [0.2, 0.25) is 0 Å². The van der Waals surface area contributed by atoms with E-state index in [2.05, 4.69) is 9.97 Å². The molecule has 1 heterocycles. The van der Waals surface area contributed by atoms with Gasteiger partial charge in [-0.05, 0) is 30.5 Å². The molecule has 3 rings (SSSR count). The third-order valence-corrected chi connectivity index (χ3v) is 3.53. The van der Waals surface area contributed by atoms with E-state index in [-0.39, 0.29) is 5.82 Å². The molecule has 5 heteroatoms. The summed E-state index contributed by atoms with van der Waals surface area (Å²) in [5.41, 5.74) is 0.898. The van der Waals surface area contributed by atoms with E-state index in [1.807, 2.05) is 18.0 Å². The maximum absolute atomic E-state index is 13.2. The van der Waals surface area contributed by atoms with E-state index in [0.29, 0.717) is 17.6 Å². The van der Waals surface area contributed by atoms with Crippen molar-refractivity contribution in [3.63, 3.8) is 0 Å². The van der Waals surface area contributed by atoms with E-state index in [1.54, 1.807) is 12.1 Å². The summed E-state index contributed by atoms with van der Waals surface area (Å²) in [5, 5.41) is 0.461. The predicted octanol–water partition coefficient (Wildman–Crippen LogP) is 3.78. The zero-order chi connectivity index (χ0) is 14.1. The van der Waals surface area contributed by atoms with Crippen LogP contribution in [-0.2, 0) is 6.54 Å². The number of rotatable bonds is 4. The van der Waals surface area contributed by atoms with Crippen molar-refractivity contribution in [2.24, 2.45) is 0 Å². The van der Waals surface area contributed by atoms with Crippen LogP contribution in [0, 0.1) is 5.82 Å². The Hall–Kier alpha value is -1.68. The summed E-state index contributed by atoms with van der Waals surface area (Å²) < 4.78 is 13.2. The van der Waals surface area contributed by atoms with Crippen LogP contribution in [0.15, 0.2) is 30.3 Å². The Kier molecular flexibility index (Phi) is 3.57. The first kappa shape index (κ1) is 13.3. The summed E-state index contributed by atoms with van der Waals surface area (Å²) in [6, 6.07) is 8.31. The normalized spacial score (nSPS) is 14.3. The first-order valence-corrected chi connectivity index (χ1v) is 6.99. The SMILES string of the molecule is CN(Cc1cccc(F)c1)c1cc(Cl)nc(C2CC2)n1. The van der Waals surface area contributed by atoms with Gasteiger partial charge in [0, 0.05) is 25.6 Å². The molecule has 20 heavy (non-hydrogen) atoms. The second-order valence-corrected chi connectivity index (χ2v) is 5.55. The van der Waals surface area contributed by atoms with E-state index in [1.165, 1.54) is 12.1 Å². The third-order valence-electron chi connectivity index (χ3n) is 3.34. The highest BCUT2D eigenvalue weighted by Crippen LogP contribution is 2.39. The van der Waals surface area contributed by atoms with Gasteiger partial charge in [-0.15, -0.1) is 0 Å². The molecule has 0 amide bonds. The molecule has 1 saturated carbocycles. The van der Waals surface area contributed by atoms with Crippen LogP contribution in [0.4, 0.5) is 10.2 Å². The molecule has 0 saturated heterocycles. The monoisotopic (exact) mass is 291 g/mol. The lowest BCUT2D eigenvalue weighted by Crippen LogP contribution is -2.18. The molecule has 0 radical (unpaired) electrons. The highest BCUT2D eigenvalue weighted by atomic mass is 35.5. The van der Waals surface area contributed by atoms with Crippen molar-refractivity contribution >= 4 is 17.4 Å². The fourth-order valence-corrected chi connectivity index (χ4v) is 2.32. The van der Waals surface area contributed by atoms with Crippen LogP contribution in [0.3, 0.4) is 0 Å². The molecule has 0 aliphatic heterocycles. The molecule has 0 bridgehead atoms. The Labute approximate surface area is 122 Å². The molecule has 0 unspecified atom stereocenters. The Morgan fingerprint density at radius 3 is 2.80 bits per heavy atom. The van der Waals surface area contributed by atoms with Crippen LogP contribution in [0.2, 0.25) is 5.15 Å². The maximum atomic E-state index is 13.2. The van der Waals surface area contributed by atoms with Crippen molar-refractivity contribution in [2.75, 3.05) is 11.9 Å². The molecule has 1 aliphatic rings. The summed E-state index contributed by atoms with van der Waals surface area (Å²) >= 11 is 6.06. The summed E-state index contributed by atoms with van der Waals surface area (Å²) in [5.74, 6) is 1.82. The topological polar surface area (TPSA) is 29.0 Å². The van der Waals surface area contributed by atoms with E-state index >= 15 is 0 Å². The van der Waals surface area contributed by atoms with Crippen molar-refractivity contribution < 1.29 is 4.39 Å². The number of hydrogen-bond acceptors (Lipinski definition) is 3. The second-order valence-electron chi connectivity index (χ2n) is 5.17. The number of aromatic nitrogens is 2. The van der Waals surface area contributed by atoms with Gasteiger partial charge in [0.25, 0.3) is 0 Å². The van der Waals surface area contributed by atoms with Gasteiger partial charge in [-0.2, -0.15) is 0 Å². The first-order chi connectivity index (χ1) is 9.61. The molecule has 3 nitrogen and oxygen atoms in total. The average Bonchev–Trinajstić information content (AvgIpc) is 3.22. The van der Waals surface area contributed by atoms with Crippen LogP contribution in [-0.4, -0.2) is 17.0 Å². The minimum atomic E-state index is -0.227. The molecular formula is C15H15ClFN3. The highest BCUT2D eigenvalue weighted by Gasteiger charge is 2.27. The Bertz CT molecular complexity index is 628. The molecule has 104 valence electrons. The van der Waals surface area contributed by atoms with Gasteiger partial charge in [-0.25, -0.2) is 14.4 Å². The molecular weight excluding hydrogens is 277 g/mol. The van der Waals surface area contributed by atoms with E-state index < -0.39 is 0 Å². The second kappa shape index (κ2) is 5.37. The Morgan fingerprint density at radius 1 is 1.30 bits per heavy atom. The summed E-state index contributed by atoms with van der Waals surface area (Å²) in [7, 11) is 1.92. The lowest BCUT2D eigenvalue weighted by atomic mass is 10.2. The lowest BCUT2D eigenvalue weighted by Gasteiger charge is -2.19. The van der Waals surface area contributed by atoms with Crippen LogP contribution in [0.1, 0.15) is 30.1 Å². The van der Waals surface area contributed by atoms with E-state index in [0.717, 1.165) is 30.0 Å². The first-order valence-electron chi connectivity index (χ1n) is 6.62. The van der Waals surface area contributed by atoms with Crippen molar-refractivity contribution in [1.82, 2.24) is 9.97 Å². The maximum Gasteiger partial charge on any atom is 0.135 e. The lowest BCUT2D eigenvalue weighted by molar-refractivity contribution is 0.625. The van der Waals surface area contributed by atoms with Gasteiger partial charge in [-0.3, -0.25) is 0 Å². The van der Waals surface area contributed by atoms with Gasteiger partial charge < -0.3 is 4.90 Å². The number of nitrogens with zero attached hydrogens (tertiary/aromatic N) is 3. The quantitative estimate of drug-likeness (QED) is 0.803. The number of hydrogen-bond donors (Lipinski definition) is 0. The molecule has 1 aliphatic carbocycles. The van der Waals surface area contributed by atoms with Crippen molar-refractivity contribution in [2.45, 2.75) is 25.3 Å². The molecule has 1 aromatic heterocycles. The van der Waals surface area contributed by atoms with Crippen LogP contribution < -0.4 is 4.90 Å². The molecule has 1 fully saturated rings. The Morgan fingerprint density at radius 2 is 2.10 bits per heavy atom. The smallest absolute Gasteiger partial charge is 0.135 e. The molecule has 0 atom stereocenters. The van der Waals surface area contributed by atoms with Crippen molar-refractivity contribution in [3.05, 3.63) is 52.7 Å². The predicted molar refractivity (Wildman–Crippen MR) is 77.5 cm³/mol. The number of benzene rings is 1. The third kappa shape index (κ3) is 3.07. The minimum Gasteiger partial charge on any atom is -0.355 e. The fraction of sp³-hybridized carbons (Fsp3) is 0.333. The van der Waals surface area contributed by atoms with Crippen LogP contribution in [0.5, 0.6) is 0 Å². The summed E-state index contributed by atoms with van der Waals surface area (Å²) in [6.45, 7) is 0.579. The largest absolute Gasteiger partial charge is 0.355 e. The van der Waals surface area contributed by atoms with Gasteiger partial charge in [0.15, 0.2) is 0 Å². The average molecular weight is 292 g/mol.